The van der Waals surface area contributed by atoms with Crippen molar-refractivity contribution in [2.75, 3.05) is 6.61 Å². The van der Waals surface area contributed by atoms with Crippen LogP contribution in [-0.2, 0) is 26.2 Å². The summed E-state index contributed by atoms with van der Waals surface area (Å²) in [7, 11) is -4.07. The first-order valence-electron chi connectivity index (χ1n) is 10.1. The minimum atomic E-state index is -4.07. The van der Waals surface area contributed by atoms with Crippen LogP contribution in [0.25, 0.3) is 11.1 Å². The van der Waals surface area contributed by atoms with Gasteiger partial charge < -0.3 is 9.84 Å². The summed E-state index contributed by atoms with van der Waals surface area (Å²) in [6.45, 7) is 3.95. The highest BCUT2D eigenvalue weighted by atomic mass is 32.2. The van der Waals surface area contributed by atoms with Crippen LogP contribution >= 0.6 is 0 Å². The van der Waals surface area contributed by atoms with E-state index in [1.54, 1.807) is 12.1 Å². The zero-order valence-corrected chi connectivity index (χ0v) is 18.2. The molecule has 32 heavy (non-hydrogen) atoms. The molecule has 0 amide bonds. The van der Waals surface area contributed by atoms with Crippen LogP contribution in [0, 0.1) is 5.92 Å². The molecule has 0 radical (unpaired) electrons. The Bertz CT molecular complexity index is 1130. The van der Waals surface area contributed by atoms with Crippen LogP contribution in [-0.4, -0.2) is 32.1 Å². The van der Waals surface area contributed by atoms with Gasteiger partial charge in [-0.05, 0) is 28.8 Å². The largest absolute Gasteiger partial charge is 0.480 e. The molecule has 166 valence electrons. The molecule has 0 saturated heterocycles. The first-order chi connectivity index (χ1) is 15.4. The molecule has 0 fully saturated rings. The lowest BCUT2D eigenvalue weighted by atomic mass is 10.0. The Labute approximate surface area is 188 Å². The number of hydrogen-bond acceptors (Lipinski definition) is 4. The highest BCUT2D eigenvalue weighted by Crippen LogP contribution is 2.21. The van der Waals surface area contributed by atoms with Crippen molar-refractivity contribution in [1.82, 2.24) is 4.72 Å². The average molecular weight is 452 g/mol. The Kier molecular flexibility index (Phi) is 7.94. The molecule has 0 aliphatic heterocycles. The van der Waals surface area contributed by atoms with Crippen molar-refractivity contribution in [3.63, 3.8) is 0 Å². The molecule has 0 spiro atoms. The quantitative estimate of drug-likeness (QED) is 0.428. The molecule has 7 heteroatoms. The first kappa shape index (κ1) is 23.4. The predicted octanol–water partition coefficient (Wildman–Crippen LogP) is 4.10. The Morgan fingerprint density at radius 1 is 0.938 bits per heavy atom. The number of rotatable bonds is 11. The summed E-state index contributed by atoms with van der Waals surface area (Å²) in [6, 6.07) is 23.8. The minimum absolute atomic E-state index is 0.00479. The lowest BCUT2D eigenvalue weighted by Crippen LogP contribution is -2.46. The topological polar surface area (TPSA) is 92.7 Å². The third-order valence-electron chi connectivity index (χ3n) is 4.97. The molecule has 2 N–H and O–H groups in total. The number of aliphatic carboxylic acids is 1. The second-order valence-electron chi connectivity index (χ2n) is 7.23. The Morgan fingerprint density at radius 3 is 2.06 bits per heavy atom. The lowest BCUT2D eigenvalue weighted by Gasteiger charge is -2.22. The monoisotopic (exact) mass is 451 g/mol. The fourth-order valence-electron chi connectivity index (χ4n) is 3.20. The van der Waals surface area contributed by atoms with Gasteiger partial charge >= 0.3 is 5.97 Å². The van der Waals surface area contributed by atoms with Gasteiger partial charge in [-0.15, -0.1) is 6.58 Å². The molecule has 0 bridgehead atoms. The molecule has 2 unspecified atom stereocenters. The van der Waals surface area contributed by atoms with Gasteiger partial charge in [0.1, 0.15) is 6.04 Å². The number of sulfonamides is 1. The summed E-state index contributed by atoms with van der Waals surface area (Å²) in [5.41, 5.74) is 2.74. The molecular formula is C25H25NO5S. The number of carbonyl (C=O) groups is 1. The Hall–Kier alpha value is -3.26. The van der Waals surface area contributed by atoms with E-state index < -0.39 is 28.0 Å². The fraction of sp³-hybridized carbons (Fsp3) is 0.160. The normalized spacial score (nSPS) is 13.2. The van der Waals surface area contributed by atoms with E-state index in [-0.39, 0.29) is 18.1 Å². The molecular weight excluding hydrogens is 426 g/mol. The standard InChI is InChI=1S/C25H25NO5S/c1-2-20(18-31-17-19-9-5-3-6-10-19)24(25(27)28)26-32(29,30)23-15-13-22(14-16-23)21-11-7-4-8-12-21/h2-16,20,24,26H,1,17-18H2,(H,27,28). The maximum Gasteiger partial charge on any atom is 0.322 e. The zero-order chi connectivity index (χ0) is 23.0. The van der Waals surface area contributed by atoms with Gasteiger partial charge in [-0.1, -0.05) is 78.9 Å². The maximum atomic E-state index is 12.9. The van der Waals surface area contributed by atoms with Crippen molar-refractivity contribution >= 4 is 16.0 Å². The number of nitrogens with one attached hydrogen (secondary N) is 1. The van der Waals surface area contributed by atoms with E-state index in [4.69, 9.17) is 4.74 Å². The second kappa shape index (κ2) is 10.9. The molecule has 2 atom stereocenters. The van der Waals surface area contributed by atoms with Gasteiger partial charge in [0.15, 0.2) is 0 Å². The van der Waals surface area contributed by atoms with E-state index in [1.165, 1.54) is 18.2 Å². The second-order valence-corrected chi connectivity index (χ2v) is 8.94. The van der Waals surface area contributed by atoms with Crippen LogP contribution in [0.15, 0.2) is 102 Å². The third kappa shape index (κ3) is 6.13. The van der Waals surface area contributed by atoms with Crippen LogP contribution in [0.5, 0.6) is 0 Å². The molecule has 0 aromatic heterocycles. The fourth-order valence-corrected chi connectivity index (χ4v) is 4.44. The zero-order valence-electron chi connectivity index (χ0n) is 17.4. The van der Waals surface area contributed by atoms with Crippen LogP contribution in [0.3, 0.4) is 0 Å². The molecule has 0 aliphatic carbocycles. The summed E-state index contributed by atoms with van der Waals surface area (Å²) in [5.74, 6) is -2.06. The highest BCUT2D eigenvalue weighted by molar-refractivity contribution is 7.89. The van der Waals surface area contributed by atoms with Crippen molar-refractivity contribution in [3.05, 3.63) is 103 Å². The summed E-state index contributed by atoms with van der Waals surface area (Å²) >= 11 is 0. The van der Waals surface area contributed by atoms with Crippen LogP contribution in [0.2, 0.25) is 0 Å². The van der Waals surface area contributed by atoms with Crippen LogP contribution < -0.4 is 4.72 Å². The lowest BCUT2D eigenvalue weighted by molar-refractivity contribution is -0.140. The van der Waals surface area contributed by atoms with Gasteiger partial charge in [0, 0.05) is 5.92 Å². The predicted molar refractivity (Wildman–Crippen MR) is 123 cm³/mol. The SMILES string of the molecule is C=CC(COCc1ccccc1)C(NS(=O)(=O)c1ccc(-c2ccccc2)cc1)C(=O)O. The van der Waals surface area contributed by atoms with Gasteiger partial charge in [-0.3, -0.25) is 4.79 Å². The molecule has 3 aromatic rings. The number of carboxylic acids is 1. The van der Waals surface area contributed by atoms with E-state index in [0.29, 0.717) is 0 Å². The molecule has 3 rings (SSSR count). The number of hydrogen-bond donors (Lipinski definition) is 2. The van der Waals surface area contributed by atoms with E-state index in [9.17, 15) is 18.3 Å². The first-order valence-corrected chi connectivity index (χ1v) is 11.5. The van der Waals surface area contributed by atoms with Crippen molar-refractivity contribution < 1.29 is 23.1 Å². The van der Waals surface area contributed by atoms with Crippen molar-refractivity contribution in [2.24, 2.45) is 5.92 Å². The Morgan fingerprint density at radius 2 is 1.50 bits per heavy atom. The van der Waals surface area contributed by atoms with Crippen LogP contribution in [0.4, 0.5) is 0 Å². The minimum Gasteiger partial charge on any atom is -0.480 e. The van der Waals surface area contributed by atoms with Crippen molar-refractivity contribution in [3.8, 4) is 11.1 Å². The summed E-state index contributed by atoms with van der Waals surface area (Å²) in [4.78, 5) is 11.8. The highest BCUT2D eigenvalue weighted by Gasteiger charge is 2.31. The van der Waals surface area contributed by atoms with Gasteiger partial charge in [-0.2, -0.15) is 4.72 Å². The van der Waals surface area contributed by atoms with E-state index in [2.05, 4.69) is 11.3 Å². The maximum absolute atomic E-state index is 12.9. The van der Waals surface area contributed by atoms with Gasteiger partial charge in [-0.25, -0.2) is 8.42 Å². The van der Waals surface area contributed by atoms with Gasteiger partial charge in [0.25, 0.3) is 0 Å². The Balaban J connectivity index is 1.70. The molecule has 0 aliphatic rings. The van der Waals surface area contributed by atoms with Crippen molar-refractivity contribution in [1.29, 1.82) is 0 Å². The third-order valence-corrected chi connectivity index (χ3v) is 6.43. The van der Waals surface area contributed by atoms with Crippen molar-refractivity contribution in [2.45, 2.75) is 17.5 Å². The number of carboxylic acid groups (broad SMARTS) is 1. The van der Waals surface area contributed by atoms with E-state index in [1.807, 2.05) is 60.7 Å². The summed E-state index contributed by atoms with van der Waals surface area (Å²) < 4.78 is 33.6. The molecule has 3 aromatic carbocycles. The smallest absolute Gasteiger partial charge is 0.322 e. The number of ether oxygens (including phenoxy) is 1. The molecule has 6 nitrogen and oxygen atoms in total. The number of benzene rings is 3. The average Bonchev–Trinajstić information content (AvgIpc) is 2.82. The summed E-state index contributed by atoms with van der Waals surface area (Å²) in [5, 5.41) is 9.66. The van der Waals surface area contributed by atoms with E-state index >= 15 is 0 Å². The van der Waals surface area contributed by atoms with Gasteiger partial charge in [0.05, 0.1) is 18.1 Å². The van der Waals surface area contributed by atoms with Gasteiger partial charge in [0.2, 0.25) is 10.0 Å². The molecule has 0 saturated carbocycles. The van der Waals surface area contributed by atoms with Crippen LogP contribution in [0.1, 0.15) is 5.56 Å². The van der Waals surface area contributed by atoms with E-state index in [0.717, 1.165) is 16.7 Å². The summed E-state index contributed by atoms with van der Waals surface area (Å²) in [6.07, 6.45) is 1.39. The molecule has 0 heterocycles.